The van der Waals surface area contributed by atoms with Crippen LogP contribution < -0.4 is 5.73 Å². The Morgan fingerprint density at radius 1 is 0.897 bits per heavy atom. The smallest absolute Gasteiger partial charge is 0.0497 e. The van der Waals surface area contributed by atoms with Gasteiger partial charge in [-0.3, -0.25) is 0 Å². The molecule has 0 saturated carbocycles. The number of aryl methyl sites for hydroxylation is 3. The lowest BCUT2D eigenvalue weighted by molar-refractivity contribution is 0.748. The highest BCUT2D eigenvalue weighted by Crippen LogP contribution is 2.39. The Morgan fingerprint density at radius 3 is 2.59 bits per heavy atom. The molecule has 29 heavy (non-hydrogen) atoms. The van der Waals surface area contributed by atoms with Crippen molar-refractivity contribution in [3.8, 4) is 11.3 Å². The summed E-state index contributed by atoms with van der Waals surface area (Å²) in [7, 11) is 0. The molecule has 2 heterocycles. The second-order valence-corrected chi connectivity index (χ2v) is 9.12. The topological polar surface area (TPSA) is 41.8 Å². The molecule has 0 atom stereocenters. The maximum Gasteiger partial charge on any atom is 0.0497 e. The molecule has 0 spiro atoms. The molecule has 0 aliphatic heterocycles. The Morgan fingerprint density at radius 2 is 1.72 bits per heavy atom. The number of rotatable bonds is 5. The highest BCUT2D eigenvalue weighted by molar-refractivity contribution is 7.25. The maximum atomic E-state index is 5.78. The first-order valence-corrected chi connectivity index (χ1v) is 11.2. The molecule has 146 valence electrons. The third kappa shape index (κ3) is 3.15. The molecule has 0 radical (unpaired) electrons. The summed E-state index contributed by atoms with van der Waals surface area (Å²) in [5.41, 5.74) is 13.7. The largest absolute Gasteiger partial charge is 0.354 e. The minimum absolute atomic E-state index is 0.753. The summed E-state index contributed by atoms with van der Waals surface area (Å²) in [4.78, 5) is 3.77. The zero-order chi connectivity index (χ0) is 20.0. The summed E-state index contributed by atoms with van der Waals surface area (Å²) in [6.07, 6.45) is 3.23. The molecular weight excluding hydrogens is 372 g/mol. The Labute approximate surface area is 175 Å². The number of hydrogen-bond acceptors (Lipinski definition) is 2. The predicted molar refractivity (Wildman–Crippen MR) is 128 cm³/mol. The van der Waals surface area contributed by atoms with E-state index in [1.807, 2.05) is 11.3 Å². The molecule has 0 aliphatic carbocycles. The molecule has 0 aliphatic rings. The number of aromatic amines is 1. The van der Waals surface area contributed by atoms with Crippen LogP contribution in [0.25, 0.3) is 42.3 Å². The zero-order valence-corrected chi connectivity index (χ0v) is 17.8. The molecule has 3 N–H and O–H groups in total. The van der Waals surface area contributed by atoms with Crippen LogP contribution in [0.5, 0.6) is 0 Å². The van der Waals surface area contributed by atoms with Gasteiger partial charge in [-0.05, 0) is 86.2 Å². The fourth-order valence-corrected chi connectivity index (χ4v) is 5.71. The number of nitrogens with one attached hydrogen (secondary N) is 1. The molecule has 5 aromatic rings. The number of thiophene rings is 1. The molecule has 0 fully saturated rings. The average molecular weight is 399 g/mol. The monoisotopic (exact) mass is 398 g/mol. The van der Waals surface area contributed by atoms with Crippen LogP contribution >= 0.6 is 11.3 Å². The fraction of sp³-hybridized carbons (Fsp3) is 0.231. The Bertz CT molecular complexity index is 1340. The lowest BCUT2D eigenvalue weighted by atomic mass is 9.96. The van der Waals surface area contributed by atoms with E-state index in [0.29, 0.717) is 0 Å². The first-order chi connectivity index (χ1) is 14.2. The van der Waals surface area contributed by atoms with Crippen LogP contribution in [0.2, 0.25) is 0 Å². The molecule has 0 amide bonds. The van der Waals surface area contributed by atoms with Crippen molar-refractivity contribution in [3.63, 3.8) is 0 Å². The van der Waals surface area contributed by atoms with Gasteiger partial charge >= 0.3 is 0 Å². The van der Waals surface area contributed by atoms with Crippen molar-refractivity contribution < 1.29 is 0 Å². The minimum Gasteiger partial charge on any atom is -0.354 e. The third-order valence-corrected chi connectivity index (χ3v) is 7.04. The molecule has 2 aromatic heterocycles. The highest BCUT2D eigenvalue weighted by Gasteiger charge is 2.16. The van der Waals surface area contributed by atoms with Crippen LogP contribution in [0.15, 0.2) is 54.6 Å². The fourth-order valence-electron chi connectivity index (χ4n) is 4.63. The summed E-state index contributed by atoms with van der Waals surface area (Å²) in [6.45, 7) is 5.15. The van der Waals surface area contributed by atoms with E-state index < -0.39 is 0 Å². The van der Waals surface area contributed by atoms with Crippen LogP contribution in [-0.2, 0) is 6.42 Å². The number of aromatic nitrogens is 1. The van der Waals surface area contributed by atoms with Crippen molar-refractivity contribution in [2.75, 3.05) is 6.54 Å². The van der Waals surface area contributed by atoms with Crippen LogP contribution in [0.1, 0.15) is 29.5 Å². The van der Waals surface area contributed by atoms with Gasteiger partial charge in [-0.25, -0.2) is 0 Å². The molecule has 2 nitrogen and oxygen atoms in total. The number of nitrogens with two attached hydrogens (primary N) is 1. The van der Waals surface area contributed by atoms with Crippen molar-refractivity contribution in [1.82, 2.24) is 4.98 Å². The number of unbranched alkanes of at least 4 members (excludes halogenated alkanes) is 1. The summed E-state index contributed by atoms with van der Waals surface area (Å²) >= 11 is 1.87. The van der Waals surface area contributed by atoms with Gasteiger partial charge in [-0.2, -0.15) is 0 Å². The number of hydrogen-bond donors (Lipinski definition) is 2. The van der Waals surface area contributed by atoms with Crippen molar-refractivity contribution in [2.45, 2.75) is 33.1 Å². The van der Waals surface area contributed by atoms with Crippen molar-refractivity contribution in [3.05, 3.63) is 71.3 Å². The van der Waals surface area contributed by atoms with Crippen LogP contribution in [0.4, 0.5) is 0 Å². The van der Waals surface area contributed by atoms with Gasteiger partial charge in [0.25, 0.3) is 0 Å². The predicted octanol–water partition coefficient (Wildman–Crippen LogP) is 7.10. The molecule has 3 aromatic carbocycles. The molecule has 0 unspecified atom stereocenters. The molecule has 0 saturated heterocycles. The third-order valence-electron chi connectivity index (χ3n) is 5.89. The molecular formula is C26H26N2S. The zero-order valence-electron chi connectivity index (χ0n) is 17.0. The van der Waals surface area contributed by atoms with E-state index in [1.165, 1.54) is 59.0 Å². The number of H-pyrrole nitrogens is 1. The standard InChI is InChI=1S/C26H26N2S/c1-16-13-17(2)25-20(8-5-6-12-27)26(28-22(25)14-16)18-10-11-24-21(15-18)19-7-3-4-9-23(19)29-24/h3-4,7,9-11,13-15,28H,5-6,8,12,27H2,1-2H3. The first kappa shape index (κ1) is 18.4. The van der Waals surface area contributed by atoms with Gasteiger partial charge < -0.3 is 10.7 Å². The second-order valence-electron chi connectivity index (χ2n) is 8.04. The van der Waals surface area contributed by atoms with E-state index in [1.54, 1.807) is 0 Å². The quantitative estimate of drug-likeness (QED) is 0.305. The van der Waals surface area contributed by atoms with E-state index in [4.69, 9.17) is 5.73 Å². The van der Waals surface area contributed by atoms with Crippen LogP contribution in [-0.4, -0.2) is 11.5 Å². The highest BCUT2D eigenvalue weighted by atomic mass is 32.1. The van der Waals surface area contributed by atoms with Crippen molar-refractivity contribution >= 4 is 42.4 Å². The van der Waals surface area contributed by atoms with Crippen LogP contribution in [0, 0.1) is 13.8 Å². The molecule has 5 rings (SSSR count). The Hall–Kier alpha value is -2.62. The van der Waals surface area contributed by atoms with E-state index in [-0.39, 0.29) is 0 Å². The minimum atomic E-state index is 0.753. The normalized spacial score (nSPS) is 11.8. The Kier molecular flexibility index (Phi) is 4.65. The summed E-state index contributed by atoms with van der Waals surface area (Å²) in [5, 5.41) is 4.09. The van der Waals surface area contributed by atoms with Gasteiger partial charge in [0.05, 0.1) is 0 Å². The van der Waals surface area contributed by atoms with Gasteiger partial charge in [-0.1, -0.05) is 30.3 Å². The SMILES string of the molecule is Cc1cc(C)c2c(CCCCN)c(-c3ccc4sc5ccccc5c4c3)[nH]c2c1. The van der Waals surface area contributed by atoms with E-state index in [2.05, 4.69) is 73.4 Å². The van der Waals surface area contributed by atoms with Crippen molar-refractivity contribution in [1.29, 1.82) is 0 Å². The summed E-state index contributed by atoms with van der Waals surface area (Å²) in [6, 6.07) is 20.2. The lowest BCUT2D eigenvalue weighted by Crippen LogP contribution is -1.99. The number of benzene rings is 3. The molecule has 0 bridgehead atoms. The lowest BCUT2D eigenvalue weighted by Gasteiger charge is -2.07. The van der Waals surface area contributed by atoms with E-state index >= 15 is 0 Å². The second kappa shape index (κ2) is 7.33. The van der Waals surface area contributed by atoms with Crippen LogP contribution in [0.3, 0.4) is 0 Å². The van der Waals surface area contributed by atoms with E-state index in [0.717, 1.165) is 25.8 Å². The van der Waals surface area contributed by atoms with Crippen molar-refractivity contribution in [2.24, 2.45) is 5.73 Å². The van der Waals surface area contributed by atoms with Gasteiger partial charge in [-0.15, -0.1) is 11.3 Å². The summed E-state index contributed by atoms with van der Waals surface area (Å²) < 4.78 is 2.70. The average Bonchev–Trinajstić information content (AvgIpc) is 3.26. The van der Waals surface area contributed by atoms with Gasteiger partial charge in [0, 0.05) is 36.8 Å². The maximum absolute atomic E-state index is 5.78. The van der Waals surface area contributed by atoms with Gasteiger partial charge in [0.1, 0.15) is 0 Å². The Balaban J connectivity index is 1.73. The first-order valence-electron chi connectivity index (χ1n) is 10.4. The van der Waals surface area contributed by atoms with Gasteiger partial charge in [0.2, 0.25) is 0 Å². The number of fused-ring (bicyclic) bond motifs is 4. The van der Waals surface area contributed by atoms with E-state index in [9.17, 15) is 0 Å². The summed E-state index contributed by atoms with van der Waals surface area (Å²) in [5.74, 6) is 0. The molecule has 3 heteroatoms. The van der Waals surface area contributed by atoms with Gasteiger partial charge in [0.15, 0.2) is 0 Å².